The number of anilines is 2. The minimum Gasteiger partial charge on any atom is -0.366 e. The van der Waals surface area contributed by atoms with Gasteiger partial charge in [-0.2, -0.15) is 0 Å². The van der Waals surface area contributed by atoms with Crippen molar-refractivity contribution in [1.29, 1.82) is 0 Å². The zero-order valence-electron chi connectivity index (χ0n) is 17.6. The lowest BCUT2D eigenvalue weighted by Gasteiger charge is -2.37. The summed E-state index contributed by atoms with van der Waals surface area (Å²) < 4.78 is 0. The second-order valence-electron chi connectivity index (χ2n) is 7.54. The van der Waals surface area contributed by atoms with E-state index in [4.69, 9.17) is 11.6 Å². The molecule has 32 heavy (non-hydrogen) atoms. The van der Waals surface area contributed by atoms with Crippen LogP contribution in [-0.2, 0) is 4.79 Å². The van der Waals surface area contributed by atoms with Crippen LogP contribution in [-0.4, -0.2) is 42.9 Å². The van der Waals surface area contributed by atoms with Crippen LogP contribution in [0.2, 0.25) is 5.02 Å². The number of nitrogens with zero attached hydrogens (tertiary/aromatic N) is 2. The van der Waals surface area contributed by atoms with Gasteiger partial charge in [0.2, 0.25) is 5.91 Å². The molecule has 1 aliphatic rings. The van der Waals surface area contributed by atoms with Crippen LogP contribution < -0.4 is 10.2 Å². The topological polar surface area (TPSA) is 52.7 Å². The Morgan fingerprint density at radius 1 is 0.812 bits per heavy atom. The Bertz CT molecular complexity index is 1110. The largest absolute Gasteiger partial charge is 0.366 e. The van der Waals surface area contributed by atoms with Gasteiger partial charge in [0.15, 0.2) is 0 Å². The molecule has 1 saturated heterocycles. The van der Waals surface area contributed by atoms with E-state index in [9.17, 15) is 9.59 Å². The van der Waals surface area contributed by atoms with Gasteiger partial charge in [-0.05, 0) is 48.0 Å². The highest BCUT2D eigenvalue weighted by atomic mass is 35.5. The van der Waals surface area contributed by atoms with Crippen molar-refractivity contribution in [2.75, 3.05) is 36.4 Å². The van der Waals surface area contributed by atoms with Crippen molar-refractivity contribution in [2.45, 2.75) is 0 Å². The molecule has 5 nitrogen and oxygen atoms in total. The Kier molecular flexibility index (Phi) is 6.87. The molecule has 1 aliphatic heterocycles. The second-order valence-corrected chi connectivity index (χ2v) is 7.97. The van der Waals surface area contributed by atoms with Crippen molar-refractivity contribution < 1.29 is 9.59 Å². The minimum atomic E-state index is -0.203. The summed E-state index contributed by atoms with van der Waals surface area (Å²) in [6.07, 6.45) is 3.26. The molecule has 162 valence electrons. The Balaban J connectivity index is 1.39. The van der Waals surface area contributed by atoms with E-state index in [-0.39, 0.29) is 11.8 Å². The number of carbonyl (C=O) groups excluding carboxylic acids is 2. The summed E-state index contributed by atoms with van der Waals surface area (Å²) in [5, 5.41) is 3.63. The van der Waals surface area contributed by atoms with Crippen LogP contribution in [0, 0.1) is 0 Å². The Morgan fingerprint density at radius 3 is 2.19 bits per heavy atom. The predicted octanol–water partition coefficient (Wildman–Crippen LogP) is 4.95. The van der Waals surface area contributed by atoms with E-state index in [1.807, 2.05) is 71.6 Å². The predicted molar refractivity (Wildman–Crippen MR) is 130 cm³/mol. The first-order chi connectivity index (χ1) is 15.6. The fourth-order valence-corrected chi connectivity index (χ4v) is 3.82. The molecule has 2 amide bonds. The number of halogens is 1. The molecule has 3 aromatic carbocycles. The Morgan fingerprint density at radius 2 is 1.47 bits per heavy atom. The summed E-state index contributed by atoms with van der Waals surface area (Å²) in [7, 11) is 0. The molecule has 0 saturated carbocycles. The highest BCUT2D eigenvalue weighted by molar-refractivity contribution is 6.30. The number of piperazine rings is 1. The van der Waals surface area contributed by atoms with E-state index >= 15 is 0 Å². The van der Waals surface area contributed by atoms with Gasteiger partial charge in [0.1, 0.15) is 0 Å². The summed E-state index contributed by atoms with van der Waals surface area (Å²) in [4.78, 5) is 29.3. The number of hydrogen-bond donors (Lipinski definition) is 1. The van der Waals surface area contributed by atoms with Crippen LogP contribution >= 0.6 is 11.6 Å². The quantitative estimate of drug-likeness (QED) is 0.565. The molecule has 0 aromatic heterocycles. The summed E-state index contributed by atoms with van der Waals surface area (Å²) in [5.74, 6) is -0.149. The number of amides is 2. The maximum absolute atomic E-state index is 12.7. The van der Waals surface area contributed by atoms with Gasteiger partial charge in [0, 0.05) is 42.8 Å². The monoisotopic (exact) mass is 445 g/mol. The third-order valence-corrected chi connectivity index (χ3v) is 5.64. The van der Waals surface area contributed by atoms with Crippen LogP contribution in [0.4, 0.5) is 11.4 Å². The van der Waals surface area contributed by atoms with Crippen LogP contribution in [0.3, 0.4) is 0 Å². The molecule has 0 atom stereocenters. The van der Waals surface area contributed by atoms with Crippen LogP contribution in [0.25, 0.3) is 6.08 Å². The SMILES string of the molecule is O=C(C=Cc1ccc(Cl)cc1)Nc1ccccc1N1CCN(C(=O)c2ccccc2)CC1. The molecular weight excluding hydrogens is 422 g/mol. The number of para-hydroxylation sites is 2. The lowest BCUT2D eigenvalue weighted by atomic mass is 10.1. The van der Waals surface area contributed by atoms with Gasteiger partial charge in [-0.15, -0.1) is 0 Å². The lowest BCUT2D eigenvalue weighted by molar-refractivity contribution is -0.111. The van der Waals surface area contributed by atoms with Crippen molar-refractivity contribution >= 4 is 40.9 Å². The Hall–Kier alpha value is -3.57. The van der Waals surface area contributed by atoms with E-state index in [0.29, 0.717) is 36.8 Å². The molecule has 1 fully saturated rings. The molecule has 0 unspecified atom stereocenters. The molecule has 0 aliphatic carbocycles. The lowest BCUT2D eigenvalue weighted by Crippen LogP contribution is -2.49. The fourth-order valence-electron chi connectivity index (χ4n) is 3.69. The van der Waals surface area contributed by atoms with Crippen molar-refractivity contribution in [3.05, 3.63) is 101 Å². The minimum absolute atomic E-state index is 0.0548. The summed E-state index contributed by atoms with van der Waals surface area (Å²) >= 11 is 5.90. The van der Waals surface area contributed by atoms with Gasteiger partial charge in [0.05, 0.1) is 11.4 Å². The van der Waals surface area contributed by atoms with Crippen molar-refractivity contribution in [2.24, 2.45) is 0 Å². The third-order valence-electron chi connectivity index (χ3n) is 5.39. The first-order valence-corrected chi connectivity index (χ1v) is 10.9. The number of nitrogens with one attached hydrogen (secondary N) is 1. The van der Waals surface area contributed by atoms with Crippen molar-refractivity contribution in [1.82, 2.24) is 4.90 Å². The molecule has 0 radical (unpaired) electrons. The molecule has 3 aromatic rings. The molecule has 6 heteroatoms. The first kappa shape index (κ1) is 21.7. The standard InChI is InChI=1S/C26H24ClN3O2/c27-22-13-10-20(11-14-22)12-15-25(31)28-23-8-4-5-9-24(23)29-16-18-30(19-17-29)26(32)21-6-2-1-3-7-21/h1-15H,16-19H2,(H,28,31). The van der Waals surface area contributed by atoms with Gasteiger partial charge in [-0.3, -0.25) is 9.59 Å². The van der Waals surface area contributed by atoms with Crippen molar-refractivity contribution in [3.63, 3.8) is 0 Å². The van der Waals surface area contributed by atoms with Crippen molar-refractivity contribution in [3.8, 4) is 0 Å². The number of hydrogen-bond acceptors (Lipinski definition) is 3. The first-order valence-electron chi connectivity index (χ1n) is 10.5. The van der Waals surface area contributed by atoms with Crippen LogP contribution in [0.15, 0.2) is 84.9 Å². The average molecular weight is 446 g/mol. The van der Waals surface area contributed by atoms with Gasteiger partial charge in [-0.25, -0.2) is 0 Å². The number of carbonyl (C=O) groups is 2. The maximum Gasteiger partial charge on any atom is 0.253 e. The molecular formula is C26H24ClN3O2. The van der Waals surface area contributed by atoms with E-state index in [0.717, 1.165) is 16.9 Å². The molecule has 1 heterocycles. The summed E-state index contributed by atoms with van der Waals surface area (Å²) in [6.45, 7) is 2.66. The maximum atomic E-state index is 12.7. The smallest absolute Gasteiger partial charge is 0.253 e. The van der Waals surface area contributed by atoms with E-state index in [1.54, 1.807) is 18.2 Å². The van der Waals surface area contributed by atoms with Gasteiger partial charge >= 0.3 is 0 Å². The highest BCUT2D eigenvalue weighted by Gasteiger charge is 2.23. The van der Waals surface area contributed by atoms with Gasteiger partial charge in [0.25, 0.3) is 5.91 Å². The van der Waals surface area contributed by atoms with E-state index in [2.05, 4.69) is 10.2 Å². The zero-order chi connectivity index (χ0) is 22.3. The fraction of sp³-hybridized carbons (Fsp3) is 0.154. The highest BCUT2D eigenvalue weighted by Crippen LogP contribution is 2.27. The second kappa shape index (κ2) is 10.2. The zero-order valence-corrected chi connectivity index (χ0v) is 18.3. The molecule has 1 N–H and O–H groups in total. The summed E-state index contributed by atoms with van der Waals surface area (Å²) in [6, 6.07) is 24.4. The molecule has 0 spiro atoms. The molecule has 4 rings (SSSR count). The van der Waals surface area contributed by atoms with E-state index < -0.39 is 0 Å². The van der Waals surface area contributed by atoms with Crippen LogP contribution in [0.5, 0.6) is 0 Å². The Labute approximate surface area is 192 Å². The van der Waals surface area contributed by atoms with Crippen LogP contribution in [0.1, 0.15) is 15.9 Å². The number of rotatable bonds is 5. The number of benzene rings is 3. The van der Waals surface area contributed by atoms with Gasteiger partial charge < -0.3 is 15.1 Å². The molecule has 0 bridgehead atoms. The normalized spacial score (nSPS) is 13.9. The van der Waals surface area contributed by atoms with Gasteiger partial charge in [-0.1, -0.05) is 54.1 Å². The van der Waals surface area contributed by atoms with E-state index in [1.165, 1.54) is 6.08 Å². The third kappa shape index (κ3) is 5.37. The average Bonchev–Trinajstić information content (AvgIpc) is 2.84. The summed E-state index contributed by atoms with van der Waals surface area (Å²) in [5.41, 5.74) is 3.31.